The zero-order valence-corrected chi connectivity index (χ0v) is 23.1. The van der Waals surface area contributed by atoms with Gasteiger partial charge in [-0.05, 0) is 64.4 Å². The third-order valence-corrected chi connectivity index (χ3v) is 8.90. The number of anilines is 3. The first kappa shape index (κ1) is 25.5. The van der Waals surface area contributed by atoms with E-state index in [-0.39, 0.29) is 18.6 Å². The van der Waals surface area contributed by atoms with Crippen LogP contribution >= 0.6 is 11.3 Å². The first-order valence-electron chi connectivity index (χ1n) is 13.9. The normalized spacial score (nSPS) is 22.1. The van der Waals surface area contributed by atoms with E-state index in [2.05, 4.69) is 20.6 Å². The topological polar surface area (TPSA) is 106 Å². The van der Waals surface area contributed by atoms with Crippen LogP contribution in [0.2, 0.25) is 0 Å². The first-order valence-corrected chi connectivity index (χ1v) is 14.7. The van der Waals surface area contributed by atoms with Crippen LogP contribution in [-0.4, -0.2) is 75.1 Å². The van der Waals surface area contributed by atoms with Crippen LogP contribution in [0.3, 0.4) is 0 Å². The number of morpholine rings is 1. The fraction of sp³-hybridized carbons (Fsp3) is 0.630. The summed E-state index contributed by atoms with van der Waals surface area (Å²) in [6.45, 7) is 7.57. The highest BCUT2D eigenvalue weighted by Crippen LogP contribution is 2.41. The van der Waals surface area contributed by atoms with E-state index in [0.717, 1.165) is 68.3 Å². The predicted molar refractivity (Wildman–Crippen MR) is 148 cm³/mol. The average molecular weight is 540 g/mol. The van der Waals surface area contributed by atoms with Gasteiger partial charge in [-0.2, -0.15) is 10.1 Å². The number of nitrogens with zero attached hydrogens (tertiary/aromatic N) is 5. The molecule has 0 atom stereocenters. The van der Waals surface area contributed by atoms with Crippen molar-refractivity contribution in [2.75, 3.05) is 36.9 Å². The molecule has 3 aliphatic rings. The molecule has 0 unspecified atom stereocenters. The molecule has 1 saturated heterocycles. The molecule has 0 aromatic carbocycles. The third kappa shape index (κ3) is 5.64. The molecule has 2 fully saturated rings. The van der Waals surface area contributed by atoms with Crippen LogP contribution in [0.1, 0.15) is 56.4 Å². The molecule has 4 heterocycles. The number of carbonyl (C=O) groups excluding carboxylic acids is 1. The minimum absolute atomic E-state index is 0.0668. The lowest BCUT2D eigenvalue weighted by Crippen LogP contribution is -2.46. The second-order valence-electron chi connectivity index (χ2n) is 10.8. The molecule has 0 bridgehead atoms. The Morgan fingerprint density at radius 2 is 2.00 bits per heavy atom. The quantitative estimate of drug-likeness (QED) is 0.409. The van der Waals surface area contributed by atoms with Crippen LogP contribution in [0.4, 0.5) is 17.5 Å². The molecule has 3 aromatic rings. The van der Waals surface area contributed by atoms with Crippen LogP contribution in [0.15, 0.2) is 12.4 Å². The zero-order chi connectivity index (χ0) is 26.1. The van der Waals surface area contributed by atoms with Gasteiger partial charge in [-0.25, -0.2) is 4.98 Å². The summed E-state index contributed by atoms with van der Waals surface area (Å²) in [7, 11) is 0. The number of nitrogens with one attached hydrogen (secondary N) is 2. The highest BCUT2D eigenvalue weighted by molar-refractivity contribution is 7.19. The monoisotopic (exact) mass is 539 g/mol. The number of carbonyl (C=O) groups is 1. The Balaban J connectivity index is 1.18. The SMILES string of the molecule is CC(C)OC(=O)Cn1cc(Nc2nc(N[C@H]3CC[C@H](N4CCOCC4)CC3)c3c4c(sc3n2)CCC4)cn1. The van der Waals surface area contributed by atoms with Gasteiger partial charge < -0.3 is 20.1 Å². The molecule has 1 saturated carbocycles. The Labute approximate surface area is 227 Å². The molecule has 0 spiro atoms. The lowest BCUT2D eigenvalue weighted by atomic mass is 9.90. The summed E-state index contributed by atoms with van der Waals surface area (Å²) in [6.07, 6.45) is 11.4. The molecule has 38 heavy (non-hydrogen) atoms. The van der Waals surface area contributed by atoms with Crippen LogP contribution in [0, 0.1) is 0 Å². The summed E-state index contributed by atoms with van der Waals surface area (Å²) < 4.78 is 12.3. The number of esters is 1. The lowest BCUT2D eigenvalue weighted by Gasteiger charge is -2.39. The van der Waals surface area contributed by atoms with Crippen molar-refractivity contribution in [3.05, 3.63) is 22.8 Å². The van der Waals surface area contributed by atoms with E-state index in [0.29, 0.717) is 18.0 Å². The van der Waals surface area contributed by atoms with Gasteiger partial charge in [0.1, 0.15) is 17.2 Å². The second kappa shape index (κ2) is 11.2. The van der Waals surface area contributed by atoms with Gasteiger partial charge >= 0.3 is 5.97 Å². The van der Waals surface area contributed by atoms with Gasteiger partial charge in [0.25, 0.3) is 0 Å². The van der Waals surface area contributed by atoms with Crippen LogP contribution < -0.4 is 10.6 Å². The maximum atomic E-state index is 12.0. The van der Waals surface area contributed by atoms with Gasteiger partial charge in [0.2, 0.25) is 5.95 Å². The fourth-order valence-corrected chi connectivity index (χ4v) is 7.21. The molecule has 10 nitrogen and oxygen atoms in total. The number of ether oxygens (including phenoxy) is 2. The highest BCUT2D eigenvalue weighted by Gasteiger charge is 2.29. The molecule has 1 aliphatic heterocycles. The Kier molecular flexibility index (Phi) is 7.49. The van der Waals surface area contributed by atoms with Crippen LogP contribution in [0.5, 0.6) is 0 Å². The van der Waals surface area contributed by atoms with Crippen molar-refractivity contribution in [2.24, 2.45) is 0 Å². The third-order valence-electron chi connectivity index (χ3n) is 7.71. The van der Waals surface area contributed by atoms with E-state index >= 15 is 0 Å². The molecule has 0 amide bonds. The Hall–Kier alpha value is -2.76. The molecule has 11 heteroatoms. The average Bonchev–Trinajstić information content (AvgIpc) is 3.61. The summed E-state index contributed by atoms with van der Waals surface area (Å²) in [6, 6.07) is 1.07. The molecular weight excluding hydrogens is 502 g/mol. The lowest BCUT2D eigenvalue weighted by molar-refractivity contribution is -0.148. The number of thiophene rings is 1. The summed E-state index contributed by atoms with van der Waals surface area (Å²) in [5.74, 6) is 1.18. The standard InChI is InChI=1S/C27H37N7O3S/c1-17(2)37-23(35)16-34-15-19(14-28-34)30-27-31-25(24-21-4-3-5-22(21)38-26(24)32-27)29-18-6-8-20(9-7-18)33-10-12-36-13-11-33/h14-15,17-18,20H,3-13,16H2,1-2H3,(H2,29,30,31,32)/t18-,20-. The number of hydrogen-bond donors (Lipinski definition) is 2. The molecule has 2 aliphatic carbocycles. The van der Waals surface area contributed by atoms with E-state index in [1.54, 1.807) is 28.4 Å². The molecule has 0 radical (unpaired) electrons. The smallest absolute Gasteiger partial charge is 0.328 e. The van der Waals surface area contributed by atoms with Crippen LogP contribution in [-0.2, 0) is 33.7 Å². The van der Waals surface area contributed by atoms with Crippen molar-refractivity contribution in [1.29, 1.82) is 0 Å². The summed E-state index contributed by atoms with van der Waals surface area (Å²) in [4.78, 5) is 27.0. The first-order chi connectivity index (χ1) is 18.5. The second-order valence-corrected chi connectivity index (χ2v) is 11.9. The Morgan fingerprint density at radius 1 is 1.18 bits per heavy atom. The van der Waals surface area contributed by atoms with E-state index in [1.165, 1.54) is 35.1 Å². The van der Waals surface area contributed by atoms with Crippen molar-refractivity contribution < 1.29 is 14.3 Å². The van der Waals surface area contributed by atoms with Crippen molar-refractivity contribution in [3.8, 4) is 0 Å². The molecule has 2 N–H and O–H groups in total. The summed E-state index contributed by atoms with van der Waals surface area (Å²) in [5, 5.41) is 12.6. The van der Waals surface area contributed by atoms with E-state index in [9.17, 15) is 4.79 Å². The number of aryl methyl sites for hydroxylation is 2. The minimum atomic E-state index is -0.310. The van der Waals surface area contributed by atoms with E-state index in [1.807, 2.05) is 13.8 Å². The molecule has 204 valence electrons. The van der Waals surface area contributed by atoms with Crippen LogP contribution in [0.25, 0.3) is 10.2 Å². The van der Waals surface area contributed by atoms with Crippen molar-refractivity contribution in [1.82, 2.24) is 24.6 Å². The van der Waals surface area contributed by atoms with Gasteiger partial charge in [0, 0.05) is 36.2 Å². The van der Waals surface area contributed by atoms with Gasteiger partial charge in [0.15, 0.2) is 0 Å². The van der Waals surface area contributed by atoms with Gasteiger partial charge in [-0.15, -0.1) is 11.3 Å². The van der Waals surface area contributed by atoms with Gasteiger partial charge in [-0.1, -0.05) is 0 Å². The fourth-order valence-electron chi connectivity index (χ4n) is 5.95. The van der Waals surface area contributed by atoms with E-state index in [4.69, 9.17) is 19.4 Å². The van der Waals surface area contributed by atoms with E-state index < -0.39 is 0 Å². The Morgan fingerprint density at radius 3 is 2.79 bits per heavy atom. The van der Waals surface area contributed by atoms with Gasteiger partial charge in [-0.3, -0.25) is 14.4 Å². The van der Waals surface area contributed by atoms with Crippen molar-refractivity contribution in [2.45, 2.75) is 83.5 Å². The number of hydrogen-bond acceptors (Lipinski definition) is 10. The molecule has 6 rings (SSSR count). The maximum absolute atomic E-state index is 12.0. The predicted octanol–water partition coefficient (Wildman–Crippen LogP) is 4.13. The molecular formula is C27H37N7O3S. The van der Waals surface area contributed by atoms with Gasteiger partial charge in [0.05, 0.1) is 36.6 Å². The number of fused-ring (bicyclic) bond motifs is 3. The number of rotatable bonds is 8. The zero-order valence-electron chi connectivity index (χ0n) is 22.2. The highest BCUT2D eigenvalue weighted by atomic mass is 32.1. The maximum Gasteiger partial charge on any atom is 0.328 e. The molecule has 3 aromatic heterocycles. The summed E-state index contributed by atoms with van der Waals surface area (Å²) in [5.41, 5.74) is 2.17. The minimum Gasteiger partial charge on any atom is -0.462 e. The Bertz CT molecular complexity index is 1280. The van der Waals surface area contributed by atoms with Crippen molar-refractivity contribution in [3.63, 3.8) is 0 Å². The largest absolute Gasteiger partial charge is 0.462 e. The van der Waals surface area contributed by atoms with Crippen molar-refractivity contribution >= 4 is 45.0 Å². The summed E-state index contributed by atoms with van der Waals surface area (Å²) >= 11 is 1.79. The number of aromatic nitrogens is 4.